The van der Waals surface area contributed by atoms with Crippen LogP contribution in [0.15, 0.2) is 23.4 Å². The van der Waals surface area contributed by atoms with Crippen LogP contribution >= 0.6 is 0 Å². The normalized spacial score (nSPS) is 13.7. The monoisotopic (exact) mass is 347 g/mol. The van der Waals surface area contributed by atoms with Crippen molar-refractivity contribution in [3.63, 3.8) is 0 Å². The average Bonchev–Trinajstić information content (AvgIpc) is 3.04. The molecule has 0 bridgehead atoms. The molecule has 7 nitrogen and oxygen atoms in total. The van der Waals surface area contributed by atoms with Gasteiger partial charge in [0.2, 0.25) is 10.0 Å². The van der Waals surface area contributed by atoms with Crippen molar-refractivity contribution in [1.82, 2.24) is 24.3 Å². The number of hydrogen-bond acceptors (Lipinski definition) is 4. The zero-order chi connectivity index (χ0) is 17.2. The second kappa shape index (κ2) is 6.75. The number of rotatable bonds is 7. The van der Waals surface area contributed by atoms with Crippen LogP contribution in [0.4, 0.5) is 8.78 Å². The van der Waals surface area contributed by atoms with Crippen LogP contribution < -0.4 is 4.72 Å². The minimum Gasteiger partial charge on any atom is -0.270 e. The van der Waals surface area contributed by atoms with E-state index in [2.05, 4.69) is 14.9 Å². The lowest BCUT2D eigenvalue weighted by atomic mass is 10.2. The molecule has 2 rings (SSSR count). The third kappa shape index (κ3) is 4.14. The van der Waals surface area contributed by atoms with Crippen molar-refractivity contribution in [3.8, 4) is 0 Å². The fourth-order valence-corrected chi connectivity index (χ4v) is 3.44. The predicted molar refractivity (Wildman–Crippen MR) is 79.5 cm³/mol. The third-order valence-electron chi connectivity index (χ3n) is 3.40. The number of alkyl halides is 2. The highest BCUT2D eigenvalue weighted by Gasteiger charge is 2.23. The summed E-state index contributed by atoms with van der Waals surface area (Å²) in [5.74, 6) is -0.0196. The Balaban J connectivity index is 2.02. The molecule has 2 aromatic rings. The number of nitrogens with zero attached hydrogens (tertiary/aromatic N) is 4. The summed E-state index contributed by atoms with van der Waals surface area (Å²) in [6, 6.07) is 1.86. The lowest BCUT2D eigenvalue weighted by Crippen LogP contribution is -2.30. The van der Waals surface area contributed by atoms with E-state index < -0.39 is 16.6 Å². The molecule has 1 N–H and O–H groups in total. The molecule has 0 aliphatic heterocycles. The summed E-state index contributed by atoms with van der Waals surface area (Å²) in [6.45, 7) is 3.01. The smallest absolute Gasteiger partial charge is 0.270 e. The Hall–Kier alpha value is -1.81. The molecule has 0 saturated heterocycles. The van der Waals surface area contributed by atoms with E-state index >= 15 is 0 Å². The number of sulfonamides is 1. The van der Waals surface area contributed by atoms with E-state index in [4.69, 9.17) is 0 Å². The summed E-state index contributed by atoms with van der Waals surface area (Å²) in [4.78, 5) is -0.236. The van der Waals surface area contributed by atoms with Gasteiger partial charge in [-0.1, -0.05) is 6.92 Å². The van der Waals surface area contributed by atoms with Crippen LogP contribution in [0.2, 0.25) is 0 Å². The molecule has 128 valence electrons. The van der Waals surface area contributed by atoms with Crippen molar-refractivity contribution >= 4 is 10.0 Å². The first-order chi connectivity index (χ1) is 10.7. The van der Waals surface area contributed by atoms with E-state index in [1.807, 2.05) is 19.9 Å². The first kappa shape index (κ1) is 17.5. The maximum absolute atomic E-state index is 12.6. The highest BCUT2D eigenvalue weighted by Crippen LogP contribution is 2.18. The molecular weight excluding hydrogens is 328 g/mol. The summed E-state index contributed by atoms with van der Waals surface area (Å²) in [5.41, 5.74) is 1.02. The van der Waals surface area contributed by atoms with Crippen molar-refractivity contribution in [2.24, 2.45) is 5.92 Å². The Morgan fingerprint density at radius 2 is 2.04 bits per heavy atom. The third-order valence-corrected chi connectivity index (χ3v) is 4.92. The fourth-order valence-electron chi connectivity index (χ4n) is 2.11. The number of aryl methyl sites for hydroxylation is 2. The average molecular weight is 347 g/mol. The van der Waals surface area contributed by atoms with Crippen LogP contribution in [0.5, 0.6) is 0 Å². The molecule has 0 amide bonds. The molecule has 23 heavy (non-hydrogen) atoms. The van der Waals surface area contributed by atoms with E-state index in [0.717, 1.165) is 11.9 Å². The van der Waals surface area contributed by atoms with Crippen LogP contribution in [-0.2, 0) is 16.6 Å². The van der Waals surface area contributed by atoms with Gasteiger partial charge < -0.3 is 0 Å². The maximum atomic E-state index is 12.6. The van der Waals surface area contributed by atoms with Crippen LogP contribution in [0.25, 0.3) is 0 Å². The summed E-state index contributed by atoms with van der Waals surface area (Å²) >= 11 is 0. The SMILES string of the molecule is Cc1nn(C(F)F)cc1S(=O)(=O)NC[C@@H](C)Cn1nccc1C. The van der Waals surface area contributed by atoms with Gasteiger partial charge in [-0.05, 0) is 25.8 Å². The standard InChI is InChI=1S/C13H19F2N5O2S/c1-9(7-19-10(2)4-5-16-19)6-17-23(21,22)12-8-20(13(14)15)18-11(12)3/h4-5,8-9,13,17H,6-7H2,1-3H3/t9-/m1/s1. The van der Waals surface area contributed by atoms with Crippen LogP contribution in [0.3, 0.4) is 0 Å². The van der Waals surface area contributed by atoms with E-state index in [0.29, 0.717) is 11.2 Å². The van der Waals surface area contributed by atoms with Crippen molar-refractivity contribution < 1.29 is 17.2 Å². The first-order valence-corrected chi connectivity index (χ1v) is 8.51. The minimum atomic E-state index is -3.88. The second-order valence-electron chi connectivity index (χ2n) is 5.45. The van der Waals surface area contributed by atoms with E-state index in [9.17, 15) is 17.2 Å². The molecular formula is C13H19F2N5O2S. The van der Waals surface area contributed by atoms with Crippen LogP contribution in [0.1, 0.15) is 24.9 Å². The molecule has 0 radical (unpaired) electrons. The maximum Gasteiger partial charge on any atom is 0.333 e. The van der Waals surface area contributed by atoms with E-state index in [1.165, 1.54) is 6.92 Å². The molecule has 0 unspecified atom stereocenters. The van der Waals surface area contributed by atoms with Gasteiger partial charge in [0.15, 0.2) is 0 Å². The predicted octanol–water partition coefficient (Wildman–Crippen LogP) is 1.71. The highest BCUT2D eigenvalue weighted by atomic mass is 32.2. The van der Waals surface area contributed by atoms with Gasteiger partial charge in [-0.25, -0.2) is 17.8 Å². The van der Waals surface area contributed by atoms with Gasteiger partial charge in [-0.2, -0.15) is 19.0 Å². The molecule has 2 heterocycles. The minimum absolute atomic E-state index is 0.0196. The highest BCUT2D eigenvalue weighted by molar-refractivity contribution is 7.89. The zero-order valence-corrected chi connectivity index (χ0v) is 13.9. The Labute approximate surface area is 133 Å². The van der Waals surface area contributed by atoms with E-state index in [-0.39, 0.29) is 23.1 Å². The van der Waals surface area contributed by atoms with Gasteiger partial charge in [-0.15, -0.1) is 0 Å². The summed E-state index contributed by atoms with van der Waals surface area (Å²) in [7, 11) is -3.88. The van der Waals surface area contributed by atoms with Gasteiger partial charge >= 0.3 is 6.55 Å². The lowest BCUT2D eigenvalue weighted by Gasteiger charge is -2.14. The van der Waals surface area contributed by atoms with Gasteiger partial charge in [0.1, 0.15) is 4.90 Å². The number of aromatic nitrogens is 4. The largest absolute Gasteiger partial charge is 0.333 e. The number of hydrogen-bond donors (Lipinski definition) is 1. The van der Waals surface area contributed by atoms with Gasteiger partial charge in [-0.3, -0.25) is 4.68 Å². The van der Waals surface area contributed by atoms with Crippen LogP contribution in [0, 0.1) is 19.8 Å². The first-order valence-electron chi connectivity index (χ1n) is 7.02. The molecule has 1 atom stereocenters. The van der Waals surface area contributed by atoms with Crippen LogP contribution in [-0.4, -0.2) is 34.5 Å². The molecule has 0 aliphatic rings. The molecule has 0 saturated carbocycles. The lowest BCUT2D eigenvalue weighted by molar-refractivity contribution is 0.0561. The van der Waals surface area contributed by atoms with Crippen molar-refractivity contribution in [1.29, 1.82) is 0 Å². The molecule has 10 heteroatoms. The molecule has 0 spiro atoms. The topological polar surface area (TPSA) is 81.8 Å². The molecule has 0 fully saturated rings. The van der Waals surface area contributed by atoms with Crippen molar-refractivity contribution in [3.05, 3.63) is 29.8 Å². The summed E-state index contributed by atoms with van der Waals surface area (Å²) < 4.78 is 54.2. The fraction of sp³-hybridized carbons (Fsp3) is 0.538. The number of nitrogens with one attached hydrogen (secondary N) is 1. The Bertz CT molecular complexity index is 769. The second-order valence-corrected chi connectivity index (χ2v) is 7.18. The van der Waals surface area contributed by atoms with Gasteiger partial charge in [0, 0.05) is 25.0 Å². The van der Waals surface area contributed by atoms with Crippen molar-refractivity contribution in [2.75, 3.05) is 6.54 Å². The van der Waals surface area contributed by atoms with E-state index in [1.54, 1.807) is 10.9 Å². The van der Waals surface area contributed by atoms with Gasteiger partial charge in [0.05, 0.1) is 11.9 Å². The molecule has 0 aromatic carbocycles. The Kier molecular flexibility index (Phi) is 5.15. The number of halogens is 2. The Morgan fingerprint density at radius 1 is 1.35 bits per heavy atom. The van der Waals surface area contributed by atoms with Gasteiger partial charge in [0.25, 0.3) is 0 Å². The summed E-state index contributed by atoms with van der Waals surface area (Å²) in [5, 5.41) is 7.65. The molecule has 0 aliphatic carbocycles. The quantitative estimate of drug-likeness (QED) is 0.827. The zero-order valence-electron chi connectivity index (χ0n) is 13.1. The molecule has 2 aromatic heterocycles. The van der Waals surface area contributed by atoms with Crippen molar-refractivity contribution in [2.45, 2.75) is 38.8 Å². The Morgan fingerprint density at radius 3 is 2.57 bits per heavy atom. The summed E-state index contributed by atoms with van der Waals surface area (Å²) in [6.07, 6.45) is 2.51.